The summed E-state index contributed by atoms with van der Waals surface area (Å²) in [6.45, 7) is 3.91. The summed E-state index contributed by atoms with van der Waals surface area (Å²) < 4.78 is 0. The molecule has 1 heterocycles. The molecule has 4 rings (SSSR count). The SMILES string of the molecule is CC(C)C(NC(=O)CN1C(=O)NC2(CCCC2)C1=O)c1ccc(C2CCCCC2)cc1. The molecule has 1 aromatic carbocycles. The molecule has 1 spiro atoms. The lowest BCUT2D eigenvalue weighted by atomic mass is 9.83. The molecule has 1 aliphatic heterocycles. The van der Waals surface area contributed by atoms with Gasteiger partial charge in [0.05, 0.1) is 6.04 Å². The Morgan fingerprint density at radius 1 is 1.06 bits per heavy atom. The maximum absolute atomic E-state index is 12.8. The predicted octanol–water partition coefficient (Wildman–Crippen LogP) is 4.41. The highest BCUT2D eigenvalue weighted by molar-refractivity contribution is 6.09. The van der Waals surface area contributed by atoms with Crippen molar-refractivity contribution < 1.29 is 14.4 Å². The van der Waals surface area contributed by atoms with Crippen LogP contribution < -0.4 is 10.6 Å². The molecule has 6 heteroatoms. The summed E-state index contributed by atoms with van der Waals surface area (Å²) in [5.74, 6) is 0.294. The number of benzene rings is 1. The molecule has 1 atom stereocenters. The van der Waals surface area contributed by atoms with E-state index in [1.807, 2.05) is 0 Å². The summed E-state index contributed by atoms with van der Waals surface area (Å²) >= 11 is 0. The molecular formula is C25H35N3O3. The largest absolute Gasteiger partial charge is 0.347 e. The second-order valence-electron chi connectivity index (χ2n) is 9.90. The second-order valence-corrected chi connectivity index (χ2v) is 9.90. The number of hydrogen-bond donors (Lipinski definition) is 2. The van der Waals surface area contributed by atoms with Crippen LogP contribution in [0.15, 0.2) is 24.3 Å². The fraction of sp³-hybridized carbons (Fsp3) is 0.640. The zero-order valence-electron chi connectivity index (χ0n) is 18.8. The quantitative estimate of drug-likeness (QED) is 0.663. The van der Waals surface area contributed by atoms with Gasteiger partial charge < -0.3 is 10.6 Å². The molecule has 3 aliphatic rings. The standard InChI is InChI=1S/C25H35N3O3/c1-17(2)22(20-12-10-19(11-13-20)18-8-4-3-5-9-18)26-21(29)16-28-23(30)25(27-24(28)31)14-6-7-15-25/h10-13,17-18,22H,3-9,14-16H2,1-2H3,(H,26,29)(H,27,31). The Hall–Kier alpha value is -2.37. The highest BCUT2D eigenvalue weighted by Crippen LogP contribution is 2.35. The monoisotopic (exact) mass is 425 g/mol. The van der Waals surface area contributed by atoms with E-state index < -0.39 is 11.6 Å². The van der Waals surface area contributed by atoms with Gasteiger partial charge in [0.2, 0.25) is 5.91 Å². The number of nitrogens with zero attached hydrogens (tertiary/aromatic N) is 1. The lowest BCUT2D eigenvalue weighted by Crippen LogP contribution is -2.46. The van der Waals surface area contributed by atoms with Crippen molar-refractivity contribution in [3.63, 3.8) is 0 Å². The van der Waals surface area contributed by atoms with E-state index in [0.717, 1.165) is 23.3 Å². The van der Waals surface area contributed by atoms with Crippen LogP contribution in [0.25, 0.3) is 0 Å². The predicted molar refractivity (Wildman–Crippen MR) is 119 cm³/mol. The highest BCUT2D eigenvalue weighted by atomic mass is 16.2. The first kappa shape index (κ1) is 21.8. The van der Waals surface area contributed by atoms with Crippen LogP contribution in [0.5, 0.6) is 0 Å². The molecule has 2 aliphatic carbocycles. The molecular weight excluding hydrogens is 390 g/mol. The molecule has 0 aromatic heterocycles. The van der Waals surface area contributed by atoms with E-state index in [2.05, 4.69) is 48.7 Å². The van der Waals surface area contributed by atoms with Gasteiger partial charge in [-0.15, -0.1) is 0 Å². The average Bonchev–Trinajstić information content (AvgIpc) is 3.33. The van der Waals surface area contributed by atoms with Gasteiger partial charge in [0.15, 0.2) is 0 Å². The first-order valence-electron chi connectivity index (χ1n) is 11.9. The van der Waals surface area contributed by atoms with Crippen LogP contribution in [0.3, 0.4) is 0 Å². The first-order valence-corrected chi connectivity index (χ1v) is 11.9. The van der Waals surface area contributed by atoms with E-state index in [1.54, 1.807) is 0 Å². The van der Waals surface area contributed by atoms with Crippen LogP contribution in [0.1, 0.15) is 94.7 Å². The Kier molecular flexibility index (Phi) is 6.35. The van der Waals surface area contributed by atoms with E-state index >= 15 is 0 Å². The zero-order chi connectivity index (χ0) is 22.0. The molecule has 31 heavy (non-hydrogen) atoms. The van der Waals surface area contributed by atoms with Crippen LogP contribution in [0.4, 0.5) is 4.79 Å². The Bertz CT molecular complexity index is 821. The number of hydrogen-bond acceptors (Lipinski definition) is 3. The van der Waals surface area contributed by atoms with E-state index in [1.165, 1.54) is 37.7 Å². The number of urea groups is 1. The molecule has 6 nitrogen and oxygen atoms in total. The molecule has 2 N–H and O–H groups in total. The van der Waals surface area contributed by atoms with Crippen molar-refractivity contribution >= 4 is 17.8 Å². The van der Waals surface area contributed by atoms with Crippen molar-refractivity contribution in [1.82, 2.24) is 15.5 Å². The summed E-state index contributed by atoms with van der Waals surface area (Å²) in [4.78, 5) is 39.1. The van der Waals surface area contributed by atoms with E-state index in [0.29, 0.717) is 18.8 Å². The van der Waals surface area contributed by atoms with Gasteiger partial charge in [-0.1, -0.05) is 70.2 Å². The van der Waals surface area contributed by atoms with Crippen LogP contribution in [0.2, 0.25) is 0 Å². The molecule has 4 amide bonds. The molecule has 0 radical (unpaired) electrons. The topological polar surface area (TPSA) is 78.5 Å². The van der Waals surface area contributed by atoms with Crippen LogP contribution >= 0.6 is 0 Å². The summed E-state index contributed by atoms with van der Waals surface area (Å²) in [7, 11) is 0. The Balaban J connectivity index is 1.40. The van der Waals surface area contributed by atoms with Gasteiger partial charge in [-0.3, -0.25) is 14.5 Å². The minimum absolute atomic E-state index is 0.158. The first-order chi connectivity index (χ1) is 14.9. The summed E-state index contributed by atoms with van der Waals surface area (Å²) in [5.41, 5.74) is 1.68. The van der Waals surface area contributed by atoms with E-state index in [9.17, 15) is 14.4 Å². The number of amides is 4. The fourth-order valence-corrected chi connectivity index (χ4v) is 5.55. The molecule has 1 saturated heterocycles. The van der Waals surface area contributed by atoms with Crippen LogP contribution in [0, 0.1) is 5.92 Å². The third kappa shape index (κ3) is 4.48. The zero-order valence-corrected chi connectivity index (χ0v) is 18.8. The molecule has 3 fully saturated rings. The van der Waals surface area contributed by atoms with E-state index in [4.69, 9.17) is 0 Å². The Morgan fingerprint density at radius 3 is 2.32 bits per heavy atom. The summed E-state index contributed by atoms with van der Waals surface area (Å²) in [6.07, 6.45) is 9.66. The van der Waals surface area contributed by atoms with Crippen molar-refractivity contribution in [2.24, 2.45) is 5.92 Å². The second kappa shape index (κ2) is 9.01. The van der Waals surface area contributed by atoms with Gasteiger partial charge in [-0.05, 0) is 48.6 Å². The molecule has 1 unspecified atom stereocenters. The number of rotatable bonds is 6. The smallest absolute Gasteiger partial charge is 0.325 e. The average molecular weight is 426 g/mol. The highest BCUT2D eigenvalue weighted by Gasteiger charge is 2.52. The molecule has 168 valence electrons. The Morgan fingerprint density at radius 2 is 1.71 bits per heavy atom. The molecule has 0 bridgehead atoms. The Labute approximate surface area is 185 Å². The lowest BCUT2D eigenvalue weighted by molar-refractivity contribution is -0.135. The van der Waals surface area contributed by atoms with Crippen molar-refractivity contribution in [1.29, 1.82) is 0 Å². The van der Waals surface area contributed by atoms with Gasteiger partial charge in [0, 0.05) is 0 Å². The third-order valence-corrected chi connectivity index (χ3v) is 7.36. The molecule has 1 aromatic rings. The van der Waals surface area contributed by atoms with E-state index in [-0.39, 0.29) is 30.3 Å². The number of nitrogens with one attached hydrogen (secondary N) is 2. The van der Waals surface area contributed by atoms with Gasteiger partial charge in [0.25, 0.3) is 5.91 Å². The fourth-order valence-electron chi connectivity index (χ4n) is 5.55. The number of imide groups is 1. The normalized spacial score (nSPS) is 22.2. The van der Waals surface area contributed by atoms with Crippen molar-refractivity contribution in [2.45, 2.75) is 89.1 Å². The maximum atomic E-state index is 12.8. The van der Waals surface area contributed by atoms with Gasteiger partial charge in [0.1, 0.15) is 12.1 Å². The van der Waals surface area contributed by atoms with Crippen LogP contribution in [-0.2, 0) is 9.59 Å². The van der Waals surface area contributed by atoms with Crippen LogP contribution in [-0.4, -0.2) is 34.8 Å². The van der Waals surface area contributed by atoms with Crippen molar-refractivity contribution in [3.05, 3.63) is 35.4 Å². The summed E-state index contributed by atoms with van der Waals surface area (Å²) in [5, 5.41) is 5.90. The van der Waals surface area contributed by atoms with Gasteiger partial charge in [-0.2, -0.15) is 0 Å². The summed E-state index contributed by atoms with van der Waals surface area (Å²) in [6, 6.07) is 8.04. The lowest BCUT2D eigenvalue weighted by Gasteiger charge is -2.26. The van der Waals surface area contributed by atoms with Crippen molar-refractivity contribution in [2.75, 3.05) is 6.54 Å². The van der Waals surface area contributed by atoms with Gasteiger partial charge >= 0.3 is 6.03 Å². The third-order valence-electron chi connectivity index (χ3n) is 7.36. The maximum Gasteiger partial charge on any atom is 0.325 e. The minimum atomic E-state index is -0.774. The minimum Gasteiger partial charge on any atom is -0.347 e. The number of carbonyl (C=O) groups is 3. The van der Waals surface area contributed by atoms with Crippen molar-refractivity contribution in [3.8, 4) is 0 Å². The molecule has 2 saturated carbocycles. The van der Waals surface area contributed by atoms with Gasteiger partial charge in [-0.25, -0.2) is 4.79 Å². The number of carbonyl (C=O) groups excluding carboxylic acids is 3.